The Bertz CT molecular complexity index is 639. The number of benzene rings is 2. The van der Waals surface area contributed by atoms with E-state index >= 15 is 0 Å². The summed E-state index contributed by atoms with van der Waals surface area (Å²) in [6.45, 7) is 3.97. The van der Waals surface area contributed by atoms with Gasteiger partial charge in [-0.1, -0.05) is 36.4 Å². The summed E-state index contributed by atoms with van der Waals surface area (Å²) in [5.41, 5.74) is 1.52. The number of fused-ring (bicyclic) bond motifs is 2. The molecule has 0 bridgehead atoms. The monoisotopic (exact) mass is 356 g/mol. The van der Waals surface area contributed by atoms with E-state index in [4.69, 9.17) is 14.2 Å². The second-order valence-electron chi connectivity index (χ2n) is 7.02. The maximum Gasteiger partial charge on any atom is 0.122 e. The molecule has 0 atom stereocenters. The maximum atomic E-state index is 10.8. The average Bonchev–Trinajstić information content (AvgIpc) is 2.65. The fourth-order valence-electron chi connectivity index (χ4n) is 3.16. The van der Waals surface area contributed by atoms with Crippen LogP contribution in [0.3, 0.4) is 0 Å². The molecule has 2 aromatic carbocycles. The van der Waals surface area contributed by atoms with E-state index in [0.717, 1.165) is 35.5 Å². The molecule has 1 aliphatic rings. The Kier molecular flexibility index (Phi) is 6.53. The van der Waals surface area contributed by atoms with Gasteiger partial charge in [0, 0.05) is 0 Å². The first kappa shape index (κ1) is 18.7. The number of hydrogen-bond donors (Lipinski definition) is 1. The van der Waals surface area contributed by atoms with Crippen LogP contribution in [0.5, 0.6) is 11.5 Å². The summed E-state index contributed by atoms with van der Waals surface area (Å²) in [6.07, 6.45) is 2.93. The number of aliphatic hydroxyl groups is 1. The van der Waals surface area contributed by atoms with Crippen molar-refractivity contribution in [3.05, 3.63) is 59.7 Å². The van der Waals surface area contributed by atoms with Gasteiger partial charge in [0.15, 0.2) is 0 Å². The van der Waals surface area contributed by atoms with Gasteiger partial charge in [-0.25, -0.2) is 0 Å². The summed E-state index contributed by atoms with van der Waals surface area (Å²) in [4.78, 5) is 0. The predicted molar refractivity (Wildman–Crippen MR) is 102 cm³/mol. The zero-order chi connectivity index (χ0) is 18.2. The van der Waals surface area contributed by atoms with E-state index in [0.29, 0.717) is 39.3 Å². The van der Waals surface area contributed by atoms with Gasteiger partial charge in [-0.05, 0) is 55.9 Å². The molecule has 0 radical (unpaired) electrons. The number of hydrogen-bond acceptors (Lipinski definition) is 4. The van der Waals surface area contributed by atoms with E-state index in [1.807, 2.05) is 43.3 Å². The lowest BCUT2D eigenvalue weighted by Gasteiger charge is -2.24. The van der Waals surface area contributed by atoms with Crippen LogP contribution < -0.4 is 9.47 Å². The standard InChI is InChI=1S/C22H28O4/c1-22(23)12-10-18-6-2-4-8-20(18)25-16-14-24-15-17-26-21-9-5-3-7-19(21)11-13-22/h2-9,23H,10-17H2,1H3. The van der Waals surface area contributed by atoms with Gasteiger partial charge in [-0.2, -0.15) is 0 Å². The van der Waals surface area contributed by atoms with Gasteiger partial charge in [-0.3, -0.25) is 0 Å². The van der Waals surface area contributed by atoms with Gasteiger partial charge in [0.25, 0.3) is 0 Å². The largest absolute Gasteiger partial charge is 0.491 e. The third-order valence-electron chi connectivity index (χ3n) is 4.78. The summed E-state index contributed by atoms with van der Waals surface area (Å²) in [5, 5.41) is 10.8. The van der Waals surface area contributed by atoms with E-state index in [-0.39, 0.29) is 0 Å². The van der Waals surface area contributed by atoms with Gasteiger partial charge in [0.2, 0.25) is 0 Å². The van der Waals surface area contributed by atoms with Crippen LogP contribution in [0.15, 0.2) is 48.5 Å². The Labute approximate surface area is 155 Å². The average molecular weight is 356 g/mol. The second-order valence-corrected chi connectivity index (χ2v) is 7.02. The molecular formula is C22H28O4. The Morgan fingerprint density at radius 2 is 1.19 bits per heavy atom. The molecule has 1 heterocycles. The van der Waals surface area contributed by atoms with Crippen molar-refractivity contribution in [1.82, 2.24) is 0 Å². The zero-order valence-corrected chi connectivity index (χ0v) is 15.4. The lowest BCUT2D eigenvalue weighted by atomic mass is 9.90. The second kappa shape index (κ2) is 9.06. The first-order chi connectivity index (χ1) is 12.6. The minimum atomic E-state index is -0.736. The quantitative estimate of drug-likeness (QED) is 0.780. The molecule has 0 saturated heterocycles. The molecule has 1 aliphatic heterocycles. The molecule has 0 spiro atoms. The van der Waals surface area contributed by atoms with Crippen molar-refractivity contribution in [2.45, 2.75) is 38.2 Å². The lowest BCUT2D eigenvalue weighted by Crippen LogP contribution is -2.26. The number of aryl methyl sites for hydroxylation is 2. The molecular weight excluding hydrogens is 328 g/mol. The van der Waals surface area contributed by atoms with Crippen LogP contribution in [-0.2, 0) is 17.6 Å². The number of para-hydroxylation sites is 2. The molecule has 2 aromatic rings. The third-order valence-corrected chi connectivity index (χ3v) is 4.78. The summed E-state index contributed by atoms with van der Waals surface area (Å²) in [6, 6.07) is 16.1. The first-order valence-electron chi connectivity index (χ1n) is 9.36. The SMILES string of the molecule is CC1(O)CCc2ccccc2OCCOCCOc2ccccc2CC1. The van der Waals surface area contributed by atoms with Gasteiger partial charge < -0.3 is 19.3 Å². The highest BCUT2D eigenvalue weighted by atomic mass is 16.5. The van der Waals surface area contributed by atoms with Crippen LogP contribution in [-0.4, -0.2) is 37.1 Å². The van der Waals surface area contributed by atoms with Crippen molar-refractivity contribution in [1.29, 1.82) is 0 Å². The van der Waals surface area contributed by atoms with Crippen molar-refractivity contribution >= 4 is 0 Å². The summed E-state index contributed by atoms with van der Waals surface area (Å²) >= 11 is 0. The highest BCUT2D eigenvalue weighted by molar-refractivity contribution is 5.34. The smallest absolute Gasteiger partial charge is 0.122 e. The van der Waals surface area contributed by atoms with E-state index in [1.54, 1.807) is 0 Å². The van der Waals surface area contributed by atoms with Crippen molar-refractivity contribution in [3.63, 3.8) is 0 Å². The molecule has 0 fully saturated rings. The summed E-state index contributed by atoms with van der Waals surface area (Å²) in [7, 11) is 0. The molecule has 26 heavy (non-hydrogen) atoms. The topological polar surface area (TPSA) is 47.9 Å². The maximum absolute atomic E-state index is 10.8. The van der Waals surface area contributed by atoms with E-state index < -0.39 is 5.60 Å². The molecule has 0 saturated carbocycles. The Morgan fingerprint density at radius 1 is 0.731 bits per heavy atom. The van der Waals surface area contributed by atoms with Gasteiger partial charge in [0.1, 0.15) is 24.7 Å². The zero-order valence-electron chi connectivity index (χ0n) is 15.4. The van der Waals surface area contributed by atoms with E-state index in [9.17, 15) is 5.11 Å². The molecule has 0 aromatic heterocycles. The van der Waals surface area contributed by atoms with Gasteiger partial charge >= 0.3 is 0 Å². The van der Waals surface area contributed by atoms with Crippen molar-refractivity contribution in [3.8, 4) is 11.5 Å². The molecule has 4 heteroatoms. The number of rotatable bonds is 0. The van der Waals surface area contributed by atoms with Crippen LogP contribution in [0.25, 0.3) is 0 Å². The first-order valence-corrected chi connectivity index (χ1v) is 9.36. The van der Waals surface area contributed by atoms with Crippen molar-refractivity contribution < 1.29 is 19.3 Å². The summed E-state index contributed by atoms with van der Waals surface area (Å²) in [5.74, 6) is 1.75. The summed E-state index contributed by atoms with van der Waals surface area (Å²) < 4.78 is 17.3. The van der Waals surface area contributed by atoms with E-state index in [2.05, 4.69) is 12.1 Å². The molecule has 1 N–H and O–H groups in total. The minimum absolute atomic E-state index is 0.504. The molecule has 4 nitrogen and oxygen atoms in total. The van der Waals surface area contributed by atoms with Crippen LogP contribution >= 0.6 is 0 Å². The van der Waals surface area contributed by atoms with Gasteiger partial charge in [-0.15, -0.1) is 0 Å². The Balaban J connectivity index is 1.74. The number of ether oxygens (including phenoxy) is 3. The van der Waals surface area contributed by atoms with Crippen LogP contribution in [0.4, 0.5) is 0 Å². The molecule has 140 valence electrons. The Morgan fingerprint density at radius 3 is 1.69 bits per heavy atom. The molecule has 3 rings (SSSR count). The highest BCUT2D eigenvalue weighted by Gasteiger charge is 2.21. The minimum Gasteiger partial charge on any atom is -0.491 e. The Hall–Kier alpha value is -2.04. The van der Waals surface area contributed by atoms with Crippen LogP contribution in [0.2, 0.25) is 0 Å². The van der Waals surface area contributed by atoms with Crippen LogP contribution in [0.1, 0.15) is 30.9 Å². The molecule has 0 amide bonds. The lowest BCUT2D eigenvalue weighted by molar-refractivity contribution is 0.0416. The normalized spacial score (nSPS) is 18.7. The van der Waals surface area contributed by atoms with Crippen molar-refractivity contribution in [2.75, 3.05) is 26.4 Å². The fraction of sp³-hybridized carbons (Fsp3) is 0.455. The molecule has 0 aliphatic carbocycles. The predicted octanol–water partition coefficient (Wildman–Crippen LogP) is 3.79. The molecule has 0 unspecified atom stereocenters. The van der Waals surface area contributed by atoms with Crippen LogP contribution in [0, 0.1) is 0 Å². The fourth-order valence-corrected chi connectivity index (χ4v) is 3.16. The third kappa shape index (κ3) is 5.48. The van der Waals surface area contributed by atoms with E-state index in [1.165, 1.54) is 0 Å². The van der Waals surface area contributed by atoms with Crippen molar-refractivity contribution in [2.24, 2.45) is 0 Å². The highest BCUT2D eigenvalue weighted by Crippen LogP contribution is 2.27. The van der Waals surface area contributed by atoms with Gasteiger partial charge in [0.05, 0.1) is 18.8 Å².